The number of hydrogen-bond donors (Lipinski definition) is 1. The first-order valence-electron chi connectivity index (χ1n) is 9.43. The molecule has 160 valence electrons. The molecule has 6 nitrogen and oxygen atoms in total. The Kier molecular flexibility index (Phi) is 7.31. The van der Waals surface area contributed by atoms with Crippen LogP contribution >= 0.6 is 11.3 Å². The van der Waals surface area contributed by atoms with E-state index < -0.39 is 12.1 Å². The van der Waals surface area contributed by atoms with Gasteiger partial charge in [0.25, 0.3) is 0 Å². The number of ether oxygens (including phenoxy) is 1. The third-order valence-electron chi connectivity index (χ3n) is 4.77. The van der Waals surface area contributed by atoms with Gasteiger partial charge in [-0.2, -0.15) is 29.6 Å². The van der Waals surface area contributed by atoms with Crippen molar-refractivity contribution < 1.29 is 27.8 Å². The van der Waals surface area contributed by atoms with Crippen LogP contribution in [-0.2, 0) is 29.2 Å². The van der Waals surface area contributed by atoms with Gasteiger partial charge in [-0.25, -0.2) is 4.79 Å². The van der Waals surface area contributed by atoms with E-state index in [1.165, 1.54) is 24.1 Å². The van der Waals surface area contributed by atoms with Crippen LogP contribution in [0, 0.1) is 11.8 Å². The number of alkyl halides is 3. The second-order valence-corrected chi connectivity index (χ2v) is 8.24. The van der Waals surface area contributed by atoms with Gasteiger partial charge in [0.05, 0.1) is 12.3 Å². The van der Waals surface area contributed by atoms with Gasteiger partial charge >= 0.3 is 12.1 Å². The van der Waals surface area contributed by atoms with Crippen LogP contribution in [0.15, 0.2) is 29.1 Å². The molecule has 1 atom stereocenters. The van der Waals surface area contributed by atoms with Gasteiger partial charge in [0, 0.05) is 44.9 Å². The molecule has 0 radical (unpaired) electrons. The van der Waals surface area contributed by atoms with Gasteiger partial charge in [0.1, 0.15) is 0 Å². The number of halogens is 3. The summed E-state index contributed by atoms with van der Waals surface area (Å²) < 4.78 is 39.9. The van der Waals surface area contributed by atoms with E-state index in [1.54, 1.807) is 11.3 Å². The van der Waals surface area contributed by atoms with E-state index in [0.717, 1.165) is 45.3 Å². The van der Waals surface area contributed by atoms with Crippen LogP contribution < -0.4 is 0 Å². The molecule has 0 bridgehead atoms. The minimum Gasteiger partial charge on any atom is -0.475 e. The van der Waals surface area contributed by atoms with Crippen molar-refractivity contribution in [1.29, 1.82) is 0 Å². The molecule has 3 heterocycles. The van der Waals surface area contributed by atoms with E-state index in [-0.39, 0.29) is 0 Å². The first-order valence-corrected chi connectivity index (χ1v) is 10.4. The smallest absolute Gasteiger partial charge is 0.475 e. The van der Waals surface area contributed by atoms with E-state index >= 15 is 0 Å². The Morgan fingerprint density at radius 1 is 1.24 bits per heavy atom. The van der Waals surface area contributed by atoms with E-state index in [4.69, 9.17) is 14.6 Å². The molecular weight excluding hydrogens is 407 g/mol. The lowest BCUT2D eigenvalue weighted by molar-refractivity contribution is -0.192. The summed E-state index contributed by atoms with van der Waals surface area (Å²) >= 11 is 1.78. The first kappa shape index (κ1) is 21.8. The third-order valence-corrected chi connectivity index (χ3v) is 5.50. The van der Waals surface area contributed by atoms with E-state index in [9.17, 15) is 13.2 Å². The Labute approximate surface area is 170 Å². The third kappa shape index (κ3) is 7.13. The molecule has 4 rings (SSSR count). The fraction of sp³-hybridized carbons (Fsp3) is 0.579. The number of carbonyl (C=O) groups is 1. The lowest BCUT2D eigenvalue weighted by Gasteiger charge is -2.23. The van der Waals surface area contributed by atoms with Crippen molar-refractivity contribution in [3.63, 3.8) is 0 Å². The maximum Gasteiger partial charge on any atom is 0.490 e. The normalized spacial score (nSPS) is 19.8. The zero-order valence-electron chi connectivity index (χ0n) is 15.8. The Morgan fingerprint density at radius 3 is 2.59 bits per heavy atom. The molecule has 2 aliphatic rings. The van der Waals surface area contributed by atoms with Crippen LogP contribution in [0.2, 0.25) is 0 Å². The molecule has 29 heavy (non-hydrogen) atoms. The molecular formula is C19H24F3N3O3S. The molecule has 2 aromatic rings. The summed E-state index contributed by atoms with van der Waals surface area (Å²) in [6.07, 6.45) is -0.442. The van der Waals surface area contributed by atoms with Gasteiger partial charge in [-0.05, 0) is 47.2 Å². The highest BCUT2D eigenvalue weighted by molar-refractivity contribution is 7.07. The van der Waals surface area contributed by atoms with Crippen molar-refractivity contribution in [1.82, 2.24) is 14.7 Å². The summed E-state index contributed by atoms with van der Waals surface area (Å²) in [5.41, 5.74) is 2.73. The fourth-order valence-corrected chi connectivity index (χ4v) is 3.83. The summed E-state index contributed by atoms with van der Waals surface area (Å²) in [5.74, 6) is -1.39. The minimum absolute atomic E-state index is 0.526. The highest BCUT2D eigenvalue weighted by atomic mass is 32.1. The quantitative estimate of drug-likeness (QED) is 0.757. The molecule has 0 amide bonds. The maximum absolute atomic E-state index is 10.6. The maximum atomic E-state index is 10.6. The number of rotatable bonds is 6. The molecule has 10 heteroatoms. The van der Waals surface area contributed by atoms with Crippen LogP contribution in [0.25, 0.3) is 0 Å². The zero-order chi connectivity index (χ0) is 20.9. The summed E-state index contributed by atoms with van der Waals surface area (Å²) in [6, 6.07) is 4.37. The molecule has 1 fully saturated rings. The number of aromatic nitrogens is 2. The average molecular weight is 431 g/mol. The second-order valence-electron chi connectivity index (χ2n) is 7.46. The number of nitrogens with zero attached hydrogens (tertiary/aromatic N) is 3. The second kappa shape index (κ2) is 9.73. The topological polar surface area (TPSA) is 67.6 Å². The molecule has 0 saturated heterocycles. The predicted octanol–water partition coefficient (Wildman–Crippen LogP) is 3.64. The number of hydrogen-bond acceptors (Lipinski definition) is 5. The number of carboxylic acids is 1. The standard InChI is InChI=1S/C17H23N3OS.C2HF3O2/c1-2-14(1)11-21-12-16-8-19(7-15-4-6-22-13-15)10-17-3-5-18-20(17)9-16;3-2(4,5)1(6)7/h3-6,13-14,16H,1-2,7-12H2;(H,6,7). The Bertz CT molecular complexity index is 775. The lowest BCUT2D eigenvalue weighted by atomic mass is 10.1. The summed E-state index contributed by atoms with van der Waals surface area (Å²) in [4.78, 5) is 11.4. The van der Waals surface area contributed by atoms with Gasteiger partial charge < -0.3 is 9.84 Å². The number of carboxylic acid groups (broad SMARTS) is 1. The zero-order valence-corrected chi connectivity index (χ0v) is 16.7. The van der Waals surface area contributed by atoms with Gasteiger partial charge in [0.15, 0.2) is 0 Å². The van der Waals surface area contributed by atoms with Crippen LogP contribution in [0.4, 0.5) is 13.2 Å². The summed E-state index contributed by atoms with van der Waals surface area (Å²) in [5, 5.41) is 16.0. The number of aliphatic carboxylic acids is 1. The SMILES string of the molecule is O=C(O)C(F)(F)F.c1cc2n(n1)CC(COCC1CC1)CN(Cc1ccsc1)C2. The van der Waals surface area contributed by atoms with E-state index in [0.29, 0.717) is 5.92 Å². The molecule has 1 unspecified atom stereocenters. The highest BCUT2D eigenvalue weighted by Crippen LogP contribution is 2.29. The van der Waals surface area contributed by atoms with Crippen molar-refractivity contribution in [3.8, 4) is 0 Å². The van der Waals surface area contributed by atoms with Crippen molar-refractivity contribution in [3.05, 3.63) is 40.3 Å². The monoisotopic (exact) mass is 431 g/mol. The molecule has 1 aliphatic carbocycles. The Morgan fingerprint density at radius 2 is 1.97 bits per heavy atom. The van der Waals surface area contributed by atoms with Crippen LogP contribution in [0.1, 0.15) is 24.1 Å². The van der Waals surface area contributed by atoms with E-state index in [1.807, 2.05) is 6.20 Å². The van der Waals surface area contributed by atoms with Crippen LogP contribution in [-0.4, -0.2) is 51.7 Å². The molecule has 1 aliphatic heterocycles. The number of fused-ring (bicyclic) bond motifs is 1. The minimum atomic E-state index is -5.08. The Balaban J connectivity index is 0.000000298. The van der Waals surface area contributed by atoms with Crippen LogP contribution in [0.3, 0.4) is 0 Å². The highest BCUT2D eigenvalue weighted by Gasteiger charge is 2.38. The first-order chi connectivity index (χ1) is 13.8. The molecule has 1 N–H and O–H groups in total. The van der Waals surface area contributed by atoms with Crippen molar-refractivity contribution in [2.24, 2.45) is 11.8 Å². The molecule has 2 aromatic heterocycles. The van der Waals surface area contributed by atoms with Crippen molar-refractivity contribution >= 4 is 17.3 Å². The van der Waals surface area contributed by atoms with Gasteiger partial charge in [-0.15, -0.1) is 0 Å². The summed E-state index contributed by atoms with van der Waals surface area (Å²) in [7, 11) is 0. The van der Waals surface area contributed by atoms with Crippen molar-refractivity contribution in [2.45, 2.75) is 38.7 Å². The van der Waals surface area contributed by atoms with Gasteiger partial charge in [-0.1, -0.05) is 0 Å². The lowest BCUT2D eigenvalue weighted by Crippen LogP contribution is -2.30. The Hall–Kier alpha value is -1.91. The largest absolute Gasteiger partial charge is 0.490 e. The molecule has 1 saturated carbocycles. The van der Waals surface area contributed by atoms with Gasteiger partial charge in [-0.3, -0.25) is 9.58 Å². The van der Waals surface area contributed by atoms with Crippen molar-refractivity contribution in [2.75, 3.05) is 19.8 Å². The van der Waals surface area contributed by atoms with Crippen LogP contribution in [0.5, 0.6) is 0 Å². The van der Waals surface area contributed by atoms with Gasteiger partial charge in [0.2, 0.25) is 0 Å². The van der Waals surface area contributed by atoms with E-state index in [2.05, 4.69) is 37.6 Å². The fourth-order valence-electron chi connectivity index (χ4n) is 3.17. The average Bonchev–Trinajstić information content (AvgIpc) is 3.19. The predicted molar refractivity (Wildman–Crippen MR) is 101 cm³/mol. The number of thiophene rings is 1. The molecule has 0 aromatic carbocycles. The summed E-state index contributed by atoms with van der Waals surface area (Å²) in [6.45, 7) is 5.88. The molecule has 0 spiro atoms.